The molecule has 0 radical (unpaired) electrons. The molecule has 5 nitrogen and oxygen atoms in total. The van der Waals surface area contributed by atoms with Crippen LogP contribution < -0.4 is 9.04 Å². The van der Waals surface area contributed by atoms with Crippen molar-refractivity contribution >= 4 is 27.5 Å². The highest BCUT2D eigenvalue weighted by Crippen LogP contribution is 2.31. The number of aromatic nitrogens is 1. The third-order valence-electron chi connectivity index (χ3n) is 4.91. The van der Waals surface area contributed by atoms with Crippen LogP contribution in [0.1, 0.15) is 12.5 Å². The van der Waals surface area contributed by atoms with Crippen molar-refractivity contribution in [3.8, 4) is 11.5 Å². The molecular weight excluding hydrogens is 452 g/mol. The number of rotatable bonds is 9. The first kappa shape index (κ1) is 22.9. The average molecular weight is 477 g/mol. The summed E-state index contributed by atoms with van der Waals surface area (Å²) in [6, 6.07) is 28.8. The molecule has 0 bridgehead atoms. The fourth-order valence-electron chi connectivity index (χ4n) is 3.18. The predicted molar refractivity (Wildman–Crippen MR) is 133 cm³/mol. The number of sulfonamides is 1. The average Bonchev–Trinajstić information content (AvgIpc) is 2.86. The van der Waals surface area contributed by atoms with Crippen molar-refractivity contribution < 1.29 is 13.2 Å². The summed E-state index contributed by atoms with van der Waals surface area (Å²) in [4.78, 5) is 6.39. The number of benzene rings is 3. The van der Waals surface area contributed by atoms with Gasteiger partial charge >= 0.3 is 0 Å². The second-order valence-corrected chi connectivity index (χ2v) is 10.6. The van der Waals surface area contributed by atoms with Crippen molar-refractivity contribution in [2.75, 3.05) is 10.1 Å². The zero-order valence-electron chi connectivity index (χ0n) is 18.2. The molecule has 0 N–H and O–H groups in total. The van der Waals surface area contributed by atoms with E-state index in [1.54, 1.807) is 61.4 Å². The summed E-state index contributed by atoms with van der Waals surface area (Å²) in [6.07, 6.45) is 3.34. The van der Waals surface area contributed by atoms with Crippen molar-refractivity contribution in [2.24, 2.45) is 0 Å². The van der Waals surface area contributed by atoms with E-state index >= 15 is 0 Å². The van der Waals surface area contributed by atoms with E-state index < -0.39 is 10.0 Å². The van der Waals surface area contributed by atoms with Gasteiger partial charge in [0.25, 0.3) is 0 Å². The molecule has 0 saturated heterocycles. The molecule has 0 amide bonds. The molecule has 0 saturated carbocycles. The van der Waals surface area contributed by atoms with E-state index in [4.69, 9.17) is 4.74 Å². The Hall–Kier alpha value is -3.29. The number of anilines is 1. The lowest BCUT2D eigenvalue weighted by molar-refractivity contribution is 0.482. The van der Waals surface area contributed by atoms with Gasteiger partial charge in [0.15, 0.2) is 0 Å². The van der Waals surface area contributed by atoms with Gasteiger partial charge in [-0.3, -0.25) is 9.29 Å². The van der Waals surface area contributed by atoms with E-state index in [1.807, 2.05) is 48.5 Å². The van der Waals surface area contributed by atoms with Crippen LogP contribution >= 0.6 is 11.8 Å². The molecule has 0 aliphatic carbocycles. The summed E-state index contributed by atoms with van der Waals surface area (Å²) >= 11 is 1.69. The van der Waals surface area contributed by atoms with Crippen molar-refractivity contribution in [3.05, 3.63) is 109 Å². The number of ether oxygens (including phenoxy) is 1. The smallest absolute Gasteiger partial charge is 0.235 e. The first-order valence-electron chi connectivity index (χ1n) is 10.5. The van der Waals surface area contributed by atoms with E-state index in [0.717, 1.165) is 10.5 Å². The molecule has 4 rings (SSSR count). The molecule has 0 spiro atoms. The molecule has 3 aromatic carbocycles. The van der Waals surface area contributed by atoms with E-state index in [-0.39, 0.29) is 12.3 Å². The number of nitrogens with zero attached hydrogens (tertiary/aromatic N) is 2. The lowest BCUT2D eigenvalue weighted by Crippen LogP contribution is -2.31. The molecule has 168 valence electrons. The van der Waals surface area contributed by atoms with Crippen molar-refractivity contribution in [2.45, 2.75) is 23.3 Å². The molecule has 0 aliphatic heterocycles. The lowest BCUT2D eigenvalue weighted by atomic mass is 10.2. The van der Waals surface area contributed by atoms with Crippen LogP contribution in [0.25, 0.3) is 0 Å². The molecule has 0 unspecified atom stereocenters. The maximum absolute atomic E-state index is 12.7. The van der Waals surface area contributed by atoms with Crippen LogP contribution in [0.4, 0.5) is 5.69 Å². The Morgan fingerprint density at radius 2 is 1.45 bits per heavy atom. The molecule has 4 aromatic rings. The van der Waals surface area contributed by atoms with Gasteiger partial charge in [0, 0.05) is 22.2 Å². The molecular formula is C26H24N2O3S2. The fraction of sp³-hybridized carbons (Fsp3) is 0.115. The normalized spacial score (nSPS) is 11.2. The summed E-state index contributed by atoms with van der Waals surface area (Å²) in [5.74, 6) is 1.37. The summed E-state index contributed by atoms with van der Waals surface area (Å²) in [7, 11) is -3.45. The van der Waals surface area contributed by atoms with Gasteiger partial charge in [0.2, 0.25) is 10.0 Å². The van der Waals surface area contributed by atoms with Crippen LogP contribution in [0.5, 0.6) is 11.5 Å². The fourth-order valence-corrected chi connectivity index (χ4v) is 5.12. The second-order valence-electron chi connectivity index (χ2n) is 7.25. The first-order valence-corrected chi connectivity index (χ1v) is 13.0. The van der Waals surface area contributed by atoms with Gasteiger partial charge in [0.05, 0.1) is 18.0 Å². The number of pyridine rings is 1. The maximum atomic E-state index is 12.7. The highest BCUT2D eigenvalue weighted by Gasteiger charge is 2.21. The number of hydrogen-bond acceptors (Lipinski definition) is 5. The molecule has 0 aliphatic rings. The van der Waals surface area contributed by atoms with Gasteiger partial charge in [-0.15, -0.1) is 0 Å². The summed E-state index contributed by atoms with van der Waals surface area (Å²) in [5, 5.41) is 0. The summed E-state index contributed by atoms with van der Waals surface area (Å²) < 4.78 is 32.8. The van der Waals surface area contributed by atoms with E-state index in [0.29, 0.717) is 17.2 Å². The van der Waals surface area contributed by atoms with Gasteiger partial charge in [-0.05, 0) is 79.2 Å². The van der Waals surface area contributed by atoms with Gasteiger partial charge in [-0.25, -0.2) is 8.42 Å². The Labute approximate surface area is 199 Å². The lowest BCUT2D eigenvalue weighted by Gasteiger charge is -2.24. The SMILES string of the molecule is CCS(=O)(=O)N(Cc1cccnc1)c1ccc(Oc2ccc(Sc3ccccc3)cc2)cc1. The molecule has 33 heavy (non-hydrogen) atoms. The first-order chi connectivity index (χ1) is 16.0. The zero-order valence-corrected chi connectivity index (χ0v) is 19.8. The standard InChI is InChI=1S/C26H24N2O3S2/c1-2-33(29,30)28(20-21-7-6-18-27-19-21)22-10-12-23(13-11-22)31-24-14-16-26(17-15-24)32-25-8-4-3-5-9-25/h3-19H,2,20H2,1H3. The highest BCUT2D eigenvalue weighted by atomic mass is 32.2. The molecule has 0 fully saturated rings. The second kappa shape index (κ2) is 10.6. The number of hydrogen-bond donors (Lipinski definition) is 0. The molecule has 1 aromatic heterocycles. The van der Waals surface area contributed by atoms with Crippen LogP contribution in [0.2, 0.25) is 0 Å². The van der Waals surface area contributed by atoms with E-state index in [1.165, 1.54) is 9.20 Å². The van der Waals surface area contributed by atoms with Gasteiger partial charge in [0.1, 0.15) is 11.5 Å². The molecule has 7 heteroatoms. The van der Waals surface area contributed by atoms with Crippen LogP contribution in [-0.4, -0.2) is 19.2 Å². The van der Waals surface area contributed by atoms with Crippen molar-refractivity contribution in [1.29, 1.82) is 0 Å². The zero-order chi connectivity index (χ0) is 23.1. The Balaban J connectivity index is 1.46. The summed E-state index contributed by atoms with van der Waals surface area (Å²) in [6.45, 7) is 1.87. The Kier molecular flexibility index (Phi) is 7.32. The largest absolute Gasteiger partial charge is 0.457 e. The predicted octanol–water partition coefficient (Wildman–Crippen LogP) is 6.38. The van der Waals surface area contributed by atoms with Crippen molar-refractivity contribution in [3.63, 3.8) is 0 Å². The Bertz CT molecular complexity index is 1260. The minimum atomic E-state index is -3.45. The minimum Gasteiger partial charge on any atom is -0.457 e. The van der Waals surface area contributed by atoms with Gasteiger partial charge in [-0.1, -0.05) is 36.0 Å². The van der Waals surface area contributed by atoms with Gasteiger partial charge < -0.3 is 4.74 Å². The third kappa shape index (κ3) is 6.15. The monoisotopic (exact) mass is 476 g/mol. The minimum absolute atomic E-state index is 0.0128. The van der Waals surface area contributed by atoms with E-state index in [2.05, 4.69) is 17.1 Å². The Morgan fingerprint density at radius 3 is 2.06 bits per heavy atom. The van der Waals surface area contributed by atoms with Crippen LogP contribution in [0, 0.1) is 0 Å². The maximum Gasteiger partial charge on any atom is 0.235 e. The topological polar surface area (TPSA) is 59.5 Å². The van der Waals surface area contributed by atoms with E-state index in [9.17, 15) is 8.42 Å². The molecule has 1 heterocycles. The molecule has 0 atom stereocenters. The van der Waals surface area contributed by atoms with Gasteiger partial charge in [-0.2, -0.15) is 0 Å². The highest BCUT2D eigenvalue weighted by molar-refractivity contribution is 7.99. The summed E-state index contributed by atoms with van der Waals surface area (Å²) in [5.41, 5.74) is 1.41. The van der Waals surface area contributed by atoms with Crippen LogP contribution in [0.15, 0.2) is 113 Å². The Morgan fingerprint density at radius 1 is 0.818 bits per heavy atom. The third-order valence-corrected chi connectivity index (χ3v) is 7.67. The van der Waals surface area contributed by atoms with Crippen molar-refractivity contribution in [1.82, 2.24) is 4.98 Å². The van der Waals surface area contributed by atoms with Crippen LogP contribution in [0.3, 0.4) is 0 Å². The quantitative estimate of drug-likeness (QED) is 0.280. The van der Waals surface area contributed by atoms with Crippen LogP contribution in [-0.2, 0) is 16.6 Å².